The molecule has 1 atom stereocenters. The summed E-state index contributed by atoms with van der Waals surface area (Å²) in [4.78, 5) is 12.7. The van der Waals surface area contributed by atoms with Gasteiger partial charge in [-0.3, -0.25) is 4.79 Å². The molecule has 144 valence electrons. The summed E-state index contributed by atoms with van der Waals surface area (Å²) >= 11 is 0. The van der Waals surface area contributed by atoms with Crippen LogP contribution in [-0.4, -0.2) is 31.7 Å². The molecule has 0 spiro atoms. The van der Waals surface area contributed by atoms with Crippen LogP contribution in [0, 0.1) is 24.5 Å². The van der Waals surface area contributed by atoms with Crippen LogP contribution in [0.1, 0.15) is 18.4 Å². The fourth-order valence-corrected chi connectivity index (χ4v) is 4.58. The second-order valence-corrected chi connectivity index (χ2v) is 8.57. The number of hydrogen-bond acceptors (Lipinski definition) is 3. The number of nitrogens with zero attached hydrogens (tertiary/aromatic N) is 1. The summed E-state index contributed by atoms with van der Waals surface area (Å²) in [7, 11) is -3.69. The molecular formula is C19H20F2N2O3S. The molecule has 1 fully saturated rings. The van der Waals surface area contributed by atoms with Gasteiger partial charge in [0, 0.05) is 24.8 Å². The lowest BCUT2D eigenvalue weighted by molar-refractivity contribution is -0.120. The van der Waals surface area contributed by atoms with Crippen molar-refractivity contribution in [2.24, 2.45) is 5.92 Å². The highest BCUT2D eigenvalue weighted by Crippen LogP contribution is 2.25. The first-order valence-corrected chi connectivity index (χ1v) is 10.0. The number of amides is 1. The van der Waals surface area contributed by atoms with E-state index in [-0.39, 0.29) is 17.1 Å². The molecule has 1 N–H and O–H groups in total. The van der Waals surface area contributed by atoms with Gasteiger partial charge in [0.05, 0.1) is 10.8 Å². The minimum absolute atomic E-state index is 0.0473. The Morgan fingerprint density at radius 2 is 1.81 bits per heavy atom. The first-order chi connectivity index (χ1) is 12.8. The van der Waals surface area contributed by atoms with E-state index >= 15 is 0 Å². The Kier molecular flexibility index (Phi) is 5.57. The summed E-state index contributed by atoms with van der Waals surface area (Å²) in [5, 5.41) is 2.53. The molecule has 2 aromatic rings. The number of anilines is 1. The number of carbonyl (C=O) groups is 1. The first-order valence-electron chi connectivity index (χ1n) is 8.60. The quantitative estimate of drug-likeness (QED) is 0.865. The van der Waals surface area contributed by atoms with Gasteiger partial charge < -0.3 is 5.32 Å². The van der Waals surface area contributed by atoms with Crippen molar-refractivity contribution in [2.45, 2.75) is 24.7 Å². The molecule has 3 rings (SSSR count). The smallest absolute Gasteiger partial charge is 0.243 e. The van der Waals surface area contributed by atoms with Crippen LogP contribution in [0.15, 0.2) is 47.4 Å². The fourth-order valence-electron chi connectivity index (χ4n) is 3.05. The summed E-state index contributed by atoms with van der Waals surface area (Å²) in [5.74, 6) is -3.03. The Hall–Kier alpha value is -2.32. The standard InChI is InChI=1S/C19H20F2N2O3S/c1-13-4-7-16(8-5-13)27(25,26)23-10-2-3-14(12-23)19(24)22-15-6-9-17(20)18(21)11-15/h4-9,11,14H,2-3,10,12H2,1H3,(H,22,24). The number of sulfonamides is 1. The number of rotatable bonds is 4. The maximum absolute atomic E-state index is 13.3. The maximum atomic E-state index is 13.3. The third kappa shape index (κ3) is 4.33. The summed E-state index contributed by atoms with van der Waals surface area (Å²) in [6.45, 7) is 2.26. The molecule has 0 bridgehead atoms. The number of halogens is 2. The minimum Gasteiger partial charge on any atom is -0.326 e. The van der Waals surface area contributed by atoms with Gasteiger partial charge >= 0.3 is 0 Å². The molecule has 5 nitrogen and oxygen atoms in total. The van der Waals surface area contributed by atoms with Gasteiger partial charge in [-0.25, -0.2) is 17.2 Å². The molecule has 1 amide bonds. The van der Waals surface area contributed by atoms with Crippen LogP contribution < -0.4 is 5.32 Å². The third-order valence-electron chi connectivity index (χ3n) is 4.60. The van der Waals surface area contributed by atoms with E-state index in [1.165, 1.54) is 10.4 Å². The van der Waals surface area contributed by atoms with Gasteiger partial charge in [0.25, 0.3) is 0 Å². The molecule has 0 radical (unpaired) electrons. The molecule has 1 unspecified atom stereocenters. The lowest BCUT2D eigenvalue weighted by atomic mass is 9.98. The number of hydrogen-bond donors (Lipinski definition) is 1. The predicted molar refractivity (Wildman–Crippen MR) is 97.6 cm³/mol. The largest absolute Gasteiger partial charge is 0.326 e. The van der Waals surface area contributed by atoms with E-state index in [1.54, 1.807) is 24.3 Å². The zero-order chi connectivity index (χ0) is 19.6. The first kappa shape index (κ1) is 19.4. The summed E-state index contributed by atoms with van der Waals surface area (Å²) < 4.78 is 53.2. The van der Waals surface area contributed by atoms with Crippen LogP contribution in [0.5, 0.6) is 0 Å². The van der Waals surface area contributed by atoms with Crippen LogP contribution in [0.3, 0.4) is 0 Å². The Bertz CT molecular complexity index is 946. The Morgan fingerprint density at radius 3 is 2.48 bits per heavy atom. The van der Waals surface area contributed by atoms with E-state index in [2.05, 4.69) is 5.32 Å². The summed E-state index contributed by atoms with van der Waals surface area (Å²) in [6.07, 6.45) is 1.07. The molecule has 0 aliphatic carbocycles. The van der Waals surface area contributed by atoms with Crippen molar-refractivity contribution < 1.29 is 22.0 Å². The second-order valence-electron chi connectivity index (χ2n) is 6.63. The van der Waals surface area contributed by atoms with Gasteiger partial charge in [0.1, 0.15) is 0 Å². The zero-order valence-electron chi connectivity index (χ0n) is 14.8. The van der Waals surface area contributed by atoms with Gasteiger partial charge in [-0.05, 0) is 44.0 Å². The molecule has 1 aliphatic rings. The summed E-state index contributed by atoms with van der Waals surface area (Å²) in [5.41, 5.74) is 1.09. The van der Waals surface area contributed by atoms with Crippen molar-refractivity contribution in [2.75, 3.05) is 18.4 Å². The monoisotopic (exact) mass is 394 g/mol. The second kappa shape index (κ2) is 7.74. The van der Waals surface area contributed by atoms with Crippen LogP contribution in [-0.2, 0) is 14.8 Å². The van der Waals surface area contributed by atoms with Crippen LogP contribution in [0.25, 0.3) is 0 Å². The molecule has 27 heavy (non-hydrogen) atoms. The van der Waals surface area contributed by atoms with Crippen molar-refractivity contribution in [1.29, 1.82) is 0 Å². The third-order valence-corrected chi connectivity index (χ3v) is 6.48. The SMILES string of the molecule is Cc1ccc(S(=O)(=O)N2CCCC(C(=O)Nc3ccc(F)c(F)c3)C2)cc1. The highest BCUT2D eigenvalue weighted by Gasteiger charge is 2.33. The topological polar surface area (TPSA) is 66.5 Å². The van der Waals surface area contributed by atoms with E-state index in [1.807, 2.05) is 6.92 Å². The normalized spacial score (nSPS) is 18.3. The lowest BCUT2D eigenvalue weighted by Crippen LogP contribution is -2.43. The van der Waals surface area contributed by atoms with Crippen molar-refractivity contribution in [3.63, 3.8) is 0 Å². The molecule has 1 saturated heterocycles. The molecular weight excluding hydrogens is 374 g/mol. The number of aryl methyl sites for hydroxylation is 1. The van der Waals surface area contributed by atoms with Gasteiger partial charge in [-0.15, -0.1) is 0 Å². The van der Waals surface area contributed by atoms with Crippen molar-refractivity contribution in [3.05, 3.63) is 59.7 Å². The molecule has 1 heterocycles. The minimum atomic E-state index is -3.69. The zero-order valence-corrected chi connectivity index (χ0v) is 15.6. The molecule has 0 aromatic heterocycles. The Balaban J connectivity index is 1.72. The molecule has 1 aliphatic heterocycles. The number of carbonyl (C=O) groups excluding carboxylic acids is 1. The van der Waals surface area contributed by atoms with E-state index < -0.39 is 33.5 Å². The average Bonchev–Trinajstić information content (AvgIpc) is 2.65. The highest BCUT2D eigenvalue weighted by atomic mass is 32.2. The number of benzene rings is 2. The highest BCUT2D eigenvalue weighted by molar-refractivity contribution is 7.89. The number of piperidine rings is 1. The van der Waals surface area contributed by atoms with Crippen LogP contribution in [0.4, 0.5) is 14.5 Å². The lowest BCUT2D eigenvalue weighted by Gasteiger charge is -2.31. The van der Waals surface area contributed by atoms with Crippen molar-refractivity contribution >= 4 is 21.6 Å². The predicted octanol–water partition coefficient (Wildman–Crippen LogP) is 3.31. The fraction of sp³-hybridized carbons (Fsp3) is 0.316. The van der Waals surface area contributed by atoms with Gasteiger partial charge in [0.2, 0.25) is 15.9 Å². The molecule has 8 heteroatoms. The maximum Gasteiger partial charge on any atom is 0.243 e. The van der Waals surface area contributed by atoms with E-state index in [9.17, 15) is 22.0 Å². The van der Waals surface area contributed by atoms with Crippen LogP contribution >= 0.6 is 0 Å². The van der Waals surface area contributed by atoms with Gasteiger partial charge in [-0.2, -0.15) is 4.31 Å². The van der Waals surface area contributed by atoms with Gasteiger partial charge in [-0.1, -0.05) is 17.7 Å². The molecule has 0 saturated carbocycles. The van der Waals surface area contributed by atoms with Crippen molar-refractivity contribution in [1.82, 2.24) is 4.31 Å². The van der Waals surface area contributed by atoms with Crippen LogP contribution in [0.2, 0.25) is 0 Å². The van der Waals surface area contributed by atoms with Gasteiger partial charge in [0.15, 0.2) is 11.6 Å². The Morgan fingerprint density at radius 1 is 1.11 bits per heavy atom. The van der Waals surface area contributed by atoms with E-state index in [0.29, 0.717) is 19.4 Å². The summed E-state index contributed by atoms with van der Waals surface area (Å²) in [6, 6.07) is 9.65. The van der Waals surface area contributed by atoms with E-state index in [0.717, 1.165) is 17.7 Å². The van der Waals surface area contributed by atoms with E-state index in [4.69, 9.17) is 0 Å². The number of nitrogens with one attached hydrogen (secondary N) is 1. The Labute approximate surface area is 157 Å². The van der Waals surface area contributed by atoms with Crippen molar-refractivity contribution in [3.8, 4) is 0 Å². The molecule has 2 aromatic carbocycles. The average molecular weight is 394 g/mol.